The lowest BCUT2D eigenvalue weighted by molar-refractivity contribution is 0.668. The van der Waals surface area contributed by atoms with Crippen LogP contribution < -0.4 is 0 Å². The smallest absolute Gasteiger partial charge is 0.164 e. The molecule has 0 radical (unpaired) electrons. The minimum Gasteiger partial charge on any atom is -0.456 e. The van der Waals surface area contributed by atoms with Crippen LogP contribution in [0, 0.1) is 0 Å². The first-order valence-electron chi connectivity index (χ1n) is 18.0. The summed E-state index contributed by atoms with van der Waals surface area (Å²) < 4.78 is 12.4. The quantitative estimate of drug-likeness (QED) is 0.180. The lowest BCUT2D eigenvalue weighted by atomic mass is 9.98. The lowest BCUT2D eigenvalue weighted by Gasteiger charge is -2.11. The highest BCUT2D eigenvalue weighted by Crippen LogP contribution is 2.38. The summed E-state index contributed by atoms with van der Waals surface area (Å²) in [5, 5.41) is 6.65. The maximum Gasteiger partial charge on any atom is 0.164 e. The molecule has 0 N–H and O–H groups in total. The number of rotatable bonds is 5. The van der Waals surface area contributed by atoms with Crippen LogP contribution in [0.15, 0.2) is 185 Å². The van der Waals surface area contributed by atoms with Gasteiger partial charge in [-0.1, -0.05) is 140 Å². The molecule has 0 fully saturated rings. The van der Waals surface area contributed by atoms with Crippen LogP contribution in [0.5, 0.6) is 0 Å². The number of hydrogen-bond acceptors (Lipinski definition) is 5. The van der Waals surface area contributed by atoms with Gasteiger partial charge in [-0.05, 0) is 69.4 Å². The van der Waals surface area contributed by atoms with E-state index in [1.54, 1.807) is 0 Å². The summed E-state index contributed by atoms with van der Waals surface area (Å²) in [6.45, 7) is 0. The van der Waals surface area contributed by atoms with Gasteiger partial charge in [0.2, 0.25) is 0 Å². The molecule has 0 atom stereocenters. The van der Waals surface area contributed by atoms with E-state index in [0.29, 0.717) is 17.5 Å². The highest BCUT2D eigenvalue weighted by atomic mass is 16.3. The van der Waals surface area contributed by atoms with Crippen molar-refractivity contribution in [3.05, 3.63) is 176 Å². The summed E-state index contributed by atoms with van der Waals surface area (Å²) in [6, 6.07) is 60.5. The van der Waals surface area contributed by atoms with Crippen molar-refractivity contribution in [3.63, 3.8) is 0 Å². The average molecular weight is 692 g/mol. The van der Waals surface area contributed by atoms with Gasteiger partial charge in [-0.3, -0.25) is 0 Å². The molecule has 3 heterocycles. The maximum absolute atomic E-state index is 6.25. The molecule has 3 aromatic heterocycles. The Hall–Kier alpha value is -7.37. The number of hydrogen-bond donors (Lipinski definition) is 0. The molecule has 0 saturated heterocycles. The minimum atomic E-state index is 0.592. The predicted octanol–water partition coefficient (Wildman–Crippen LogP) is 13.2. The van der Waals surface area contributed by atoms with Crippen molar-refractivity contribution in [2.45, 2.75) is 0 Å². The molecule has 8 aromatic carbocycles. The van der Waals surface area contributed by atoms with Gasteiger partial charge in [0.1, 0.15) is 22.3 Å². The zero-order valence-corrected chi connectivity index (χ0v) is 28.9. The first kappa shape index (κ1) is 30.3. The Morgan fingerprint density at radius 3 is 1.63 bits per heavy atom. The number of para-hydroxylation sites is 2. The summed E-state index contributed by atoms with van der Waals surface area (Å²) in [7, 11) is 0. The fourth-order valence-corrected chi connectivity index (χ4v) is 7.73. The van der Waals surface area contributed by atoms with Crippen molar-refractivity contribution in [3.8, 4) is 56.4 Å². The molecule has 5 heteroatoms. The van der Waals surface area contributed by atoms with Crippen LogP contribution in [0.25, 0.3) is 111 Å². The first-order valence-corrected chi connectivity index (χ1v) is 18.0. The van der Waals surface area contributed by atoms with Crippen LogP contribution in [-0.2, 0) is 0 Å². The third-order valence-electron chi connectivity index (χ3n) is 10.3. The molecule has 0 aliphatic heterocycles. The van der Waals surface area contributed by atoms with Gasteiger partial charge in [0.05, 0.1) is 0 Å². The van der Waals surface area contributed by atoms with Gasteiger partial charge in [0, 0.05) is 38.2 Å². The Morgan fingerprint density at radius 2 is 0.833 bits per heavy atom. The average Bonchev–Trinajstić information content (AvgIpc) is 3.83. The van der Waals surface area contributed by atoms with Gasteiger partial charge in [-0.2, -0.15) is 0 Å². The summed E-state index contributed by atoms with van der Waals surface area (Å²) in [5.74, 6) is 1.80. The van der Waals surface area contributed by atoms with Crippen LogP contribution >= 0.6 is 0 Å². The second-order valence-corrected chi connectivity index (χ2v) is 13.6. The summed E-state index contributed by atoms with van der Waals surface area (Å²) in [5.41, 5.74) is 10.6. The normalized spacial score (nSPS) is 11.7. The molecule has 0 spiro atoms. The van der Waals surface area contributed by atoms with Crippen LogP contribution in [0.3, 0.4) is 0 Å². The van der Waals surface area contributed by atoms with E-state index in [2.05, 4.69) is 127 Å². The Kier molecular flexibility index (Phi) is 6.79. The van der Waals surface area contributed by atoms with Crippen LogP contribution in [0.2, 0.25) is 0 Å². The topological polar surface area (TPSA) is 65.0 Å². The monoisotopic (exact) mass is 691 g/mol. The number of furan rings is 2. The van der Waals surface area contributed by atoms with E-state index < -0.39 is 0 Å². The van der Waals surface area contributed by atoms with E-state index in [-0.39, 0.29) is 0 Å². The molecule has 5 nitrogen and oxygen atoms in total. The highest BCUT2D eigenvalue weighted by Gasteiger charge is 2.18. The van der Waals surface area contributed by atoms with Crippen LogP contribution in [0.4, 0.5) is 0 Å². The molecule has 0 unspecified atom stereocenters. The molecule has 11 rings (SSSR count). The predicted molar refractivity (Wildman–Crippen MR) is 219 cm³/mol. The second kappa shape index (κ2) is 12.1. The Labute approximate surface area is 309 Å². The van der Waals surface area contributed by atoms with Gasteiger partial charge in [-0.15, -0.1) is 0 Å². The molecule has 11 aromatic rings. The van der Waals surface area contributed by atoms with E-state index in [9.17, 15) is 0 Å². The van der Waals surface area contributed by atoms with Gasteiger partial charge in [-0.25, -0.2) is 15.0 Å². The molecular formula is C49H29N3O2. The number of benzene rings is 8. The largest absolute Gasteiger partial charge is 0.456 e. The SMILES string of the molecule is c1ccc(-c2cccc(-c3nc(-c4ccc(-c5ccc6c(ccc7oc8ccccc8c76)c5)cc4)nc(-c4cccc5oc6ccccc6c45)n3)c2)cc1. The van der Waals surface area contributed by atoms with Crippen molar-refractivity contribution < 1.29 is 8.83 Å². The Balaban J connectivity index is 1.04. The zero-order valence-electron chi connectivity index (χ0n) is 28.9. The van der Waals surface area contributed by atoms with Crippen molar-refractivity contribution >= 4 is 54.6 Å². The van der Waals surface area contributed by atoms with Gasteiger partial charge in [0.25, 0.3) is 0 Å². The van der Waals surface area contributed by atoms with Gasteiger partial charge >= 0.3 is 0 Å². The standard InChI is InChI=1S/C49H29N3O2/c1-2-10-30(11-3-1)33-12-8-13-36(29-33)48-50-47(51-49(52-48)40-16-9-19-43-46(40)39-15-5-7-18-42(39)53-43)32-22-20-31(21-23-32)34-24-26-37-35(28-34)25-27-44-45(37)38-14-4-6-17-41(38)54-44/h1-29H. The van der Waals surface area contributed by atoms with E-state index in [0.717, 1.165) is 82.8 Å². The number of nitrogens with zero attached hydrogens (tertiary/aromatic N) is 3. The first-order chi connectivity index (χ1) is 26.7. The van der Waals surface area contributed by atoms with Crippen molar-refractivity contribution in [1.82, 2.24) is 15.0 Å². The Morgan fingerprint density at radius 1 is 0.296 bits per heavy atom. The van der Waals surface area contributed by atoms with Crippen molar-refractivity contribution in [2.75, 3.05) is 0 Å². The van der Waals surface area contributed by atoms with E-state index >= 15 is 0 Å². The highest BCUT2D eigenvalue weighted by molar-refractivity contribution is 6.19. The number of aromatic nitrogens is 3. The van der Waals surface area contributed by atoms with Crippen molar-refractivity contribution in [2.24, 2.45) is 0 Å². The molecule has 54 heavy (non-hydrogen) atoms. The second-order valence-electron chi connectivity index (χ2n) is 13.6. The third kappa shape index (κ3) is 4.98. The lowest BCUT2D eigenvalue weighted by Crippen LogP contribution is -2.00. The number of fused-ring (bicyclic) bond motifs is 8. The van der Waals surface area contributed by atoms with Gasteiger partial charge in [0.15, 0.2) is 17.5 Å². The minimum absolute atomic E-state index is 0.592. The fourth-order valence-electron chi connectivity index (χ4n) is 7.73. The summed E-state index contributed by atoms with van der Waals surface area (Å²) >= 11 is 0. The summed E-state index contributed by atoms with van der Waals surface area (Å²) in [6.07, 6.45) is 0. The molecular weight excluding hydrogens is 663 g/mol. The summed E-state index contributed by atoms with van der Waals surface area (Å²) in [4.78, 5) is 15.4. The molecule has 0 bridgehead atoms. The van der Waals surface area contributed by atoms with E-state index in [1.807, 2.05) is 48.5 Å². The molecule has 0 saturated carbocycles. The van der Waals surface area contributed by atoms with Crippen molar-refractivity contribution in [1.29, 1.82) is 0 Å². The van der Waals surface area contributed by atoms with E-state index in [1.165, 1.54) is 10.8 Å². The third-order valence-corrected chi connectivity index (χ3v) is 10.3. The Bertz CT molecular complexity index is 3210. The maximum atomic E-state index is 6.25. The van der Waals surface area contributed by atoms with Gasteiger partial charge < -0.3 is 8.83 Å². The molecule has 0 aliphatic carbocycles. The fraction of sp³-hybridized carbons (Fsp3) is 0. The molecule has 0 aliphatic rings. The molecule has 0 amide bonds. The van der Waals surface area contributed by atoms with Crippen LogP contribution in [-0.4, -0.2) is 15.0 Å². The zero-order chi connectivity index (χ0) is 35.6. The van der Waals surface area contributed by atoms with Crippen LogP contribution in [0.1, 0.15) is 0 Å². The molecule has 252 valence electrons. The van der Waals surface area contributed by atoms with E-state index in [4.69, 9.17) is 23.8 Å².